The molecule has 0 fully saturated rings. The number of hydrogen-bond acceptors (Lipinski definition) is 4. The quantitative estimate of drug-likeness (QED) is 0.0371. The molecule has 0 aromatic heterocycles. The maximum absolute atomic E-state index is 12.4. The van der Waals surface area contributed by atoms with Gasteiger partial charge in [-0.15, -0.1) is 0 Å². The topological polar surface area (TPSA) is 104 Å². The maximum atomic E-state index is 12.4. The van der Waals surface area contributed by atoms with Gasteiger partial charge in [-0.3, -0.25) is 9.35 Å². The zero-order valence-electron chi connectivity index (χ0n) is 30.3. The molecule has 0 saturated carbocycles. The first-order valence-corrected chi connectivity index (χ1v) is 20.4. The third-order valence-electron chi connectivity index (χ3n) is 7.80. The first kappa shape index (κ1) is 45.5. The molecule has 0 saturated heterocycles. The van der Waals surface area contributed by atoms with Crippen LogP contribution in [0.2, 0.25) is 0 Å². The Labute approximate surface area is 295 Å². The van der Waals surface area contributed by atoms with Crippen molar-refractivity contribution in [3.8, 4) is 0 Å². The molecule has 3 N–H and O–H groups in total. The van der Waals surface area contributed by atoms with Crippen LogP contribution in [0, 0.1) is 0 Å². The van der Waals surface area contributed by atoms with Gasteiger partial charge in [-0.1, -0.05) is 157 Å². The summed E-state index contributed by atoms with van der Waals surface area (Å²) in [7, 11) is -4.38. The number of aliphatic hydroxyl groups is 1. The number of unbranched alkanes of at least 4 members (excludes halogenated alkanes) is 12. The summed E-state index contributed by atoms with van der Waals surface area (Å²) >= 11 is 0. The van der Waals surface area contributed by atoms with Crippen LogP contribution in [0.15, 0.2) is 85.1 Å². The fourth-order valence-corrected chi connectivity index (χ4v) is 5.75. The Morgan fingerprint density at radius 3 is 1.54 bits per heavy atom. The van der Waals surface area contributed by atoms with E-state index in [-0.39, 0.29) is 12.3 Å². The standard InChI is InChI=1S/C41H69NO5S/c1-3-5-7-9-11-13-15-17-18-19-20-21-22-23-25-26-28-30-32-34-36-40(43)39(38-48(45,46)47)42-41(44)37-35-33-31-29-27-24-16-14-12-10-8-6-4-2/h6,8,12,14,21-22,24,26-28,31,33-34,36,39-40,43H,3-5,7,9-11,13,15-20,23,25,29-30,32,35,37-38H2,1-2H3,(H,42,44)(H,45,46,47)/b8-6-,14-12-,22-21+,27-24-,28-26+,33-31-,36-34+. The molecule has 1 amide bonds. The number of amides is 1. The summed E-state index contributed by atoms with van der Waals surface area (Å²) in [5, 5.41) is 13.1. The van der Waals surface area contributed by atoms with Crippen molar-refractivity contribution in [2.45, 2.75) is 161 Å². The zero-order valence-corrected chi connectivity index (χ0v) is 31.1. The molecule has 0 aromatic rings. The van der Waals surface area contributed by atoms with E-state index >= 15 is 0 Å². The summed E-state index contributed by atoms with van der Waals surface area (Å²) < 4.78 is 32.3. The molecule has 2 atom stereocenters. The molecule has 0 aromatic carbocycles. The molecule has 0 spiro atoms. The lowest BCUT2D eigenvalue weighted by atomic mass is 10.1. The number of carbonyl (C=O) groups excluding carboxylic acids is 1. The van der Waals surface area contributed by atoms with Gasteiger partial charge in [0.2, 0.25) is 5.91 Å². The molecule has 0 radical (unpaired) electrons. The number of rotatable bonds is 32. The van der Waals surface area contributed by atoms with Gasteiger partial charge >= 0.3 is 0 Å². The molecule has 7 heteroatoms. The van der Waals surface area contributed by atoms with Crippen molar-refractivity contribution in [2.24, 2.45) is 0 Å². The molecule has 274 valence electrons. The number of allylic oxidation sites excluding steroid dienone is 13. The largest absolute Gasteiger partial charge is 0.387 e. The second-order valence-corrected chi connectivity index (χ2v) is 13.9. The van der Waals surface area contributed by atoms with Crippen LogP contribution in [0.3, 0.4) is 0 Å². The SMILES string of the molecule is CC/C=C\C/C=C\C/C=C\C/C=C\CCC(=O)NC(CS(=O)(=O)O)C(O)/C=C/CC/C=C/CC/C=C/CCCCCCCCCCCC. The molecular formula is C41H69NO5S. The van der Waals surface area contributed by atoms with E-state index in [4.69, 9.17) is 0 Å². The third kappa shape index (κ3) is 34.8. The average Bonchev–Trinajstić information content (AvgIpc) is 3.05. The lowest BCUT2D eigenvalue weighted by Crippen LogP contribution is -2.46. The number of aliphatic hydroxyl groups excluding tert-OH is 1. The van der Waals surface area contributed by atoms with Gasteiger partial charge in [0.1, 0.15) is 0 Å². The van der Waals surface area contributed by atoms with E-state index in [0.717, 1.165) is 51.4 Å². The van der Waals surface area contributed by atoms with Crippen LogP contribution < -0.4 is 5.32 Å². The minimum absolute atomic E-state index is 0.159. The van der Waals surface area contributed by atoms with Gasteiger partial charge in [0.05, 0.1) is 17.9 Å². The van der Waals surface area contributed by atoms with E-state index < -0.39 is 28.0 Å². The highest BCUT2D eigenvalue weighted by molar-refractivity contribution is 7.85. The van der Waals surface area contributed by atoms with Gasteiger partial charge in [0.25, 0.3) is 10.1 Å². The highest BCUT2D eigenvalue weighted by atomic mass is 32.2. The Kier molecular flexibility index (Phi) is 32.6. The van der Waals surface area contributed by atoms with E-state index in [1.807, 2.05) is 12.2 Å². The second-order valence-electron chi connectivity index (χ2n) is 12.4. The van der Waals surface area contributed by atoms with Crippen LogP contribution in [0.4, 0.5) is 0 Å². The molecular weight excluding hydrogens is 619 g/mol. The molecule has 0 aliphatic heterocycles. The van der Waals surface area contributed by atoms with Crippen molar-refractivity contribution in [1.82, 2.24) is 5.32 Å². The van der Waals surface area contributed by atoms with Crippen molar-refractivity contribution >= 4 is 16.0 Å². The Bertz CT molecular complexity index is 1070. The highest BCUT2D eigenvalue weighted by Crippen LogP contribution is 2.12. The van der Waals surface area contributed by atoms with E-state index in [9.17, 15) is 22.9 Å². The molecule has 2 unspecified atom stereocenters. The fraction of sp³-hybridized carbons (Fsp3) is 0.634. The number of nitrogens with one attached hydrogen (secondary N) is 1. The molecule has 6 nitrogen and oxygen atoms in total. The average molecular weight is 688 g/mol. The summed E-state index contributed by atoms with van der Waals surface area (Å²) in [6, 6.07) is -1.12. The summed E-state index contributed by atoms with van der Waals surface area (Å²) in [6.07, 6.45) is 50.2. The molecule has 0 aliphatic rings. The van der Waals surface area contributed by atoms with Crippen molar-refractivity contribution in [2.75, 3.05) is 5.75 Å². The molecule has 0 aliphatic carbocycles. The first-order valence-electron chi connectivity index (χ1n) is 18.8. The Morgan fingerprint density at radius 2 is 1.02 bits per heavy atom. The van der Waals surface area contributed by atoms with Gasteiger partial charge in [-0.2, -0.15) is 8.42 Å². The van der Waals surface area contributed by atoms with Crippen LogP contribution in [0.25, 0.3) is 0 Å². The Balaban J connectivity index is 4.16. The van der Waals surface area contributed by atoms with Gasteiger partial charge in [-0.25, -0.2) is 0 Å². The summed E-state index contributed by atoms with van der Waals surface area (Å²) in [4.78, 5) is 12.4. The molecule has 48 heavy (non-hydrogen) atoms. The smallest absolute Gasteiger partial charge is 0.267 e. The predicted octanol–water partition coefficient (Wildman–Crippen LogP) is 10.8. The summed E-state index contributed by atoms with van der Waals surface area (Å²) in [5.74, 6) is -1.13. The van der Waals surface area contributed by atoms with Crippen LogP contribution in [-0.4, -0.2) is 41.9 Å². The van der Waals surface area contributed by atoms with E-state index in [0.29, 0.717) is 12.8 Å². The van der Waals surface area contributed by atoms with Crippen LogP contribution >= 0.6 is 0 Å². The van der Waals surface area contributed by atoms with Crippen LogP contribution in [-0.2, 0) is 14.9 Å². The number of hydrogen-bond donors (Lipinski definition) is 3. The van der Waals surface area contributed by atoms with E-state index in [2.05, 4.69) is 79.9 Å². The van der Waals surface area contributed by atoms with Gasteiger partial charge in [0.15, 0.2) is 0 Å². The van der Waals surface area contributed by atoms with Crippen LogP contribution in [0.5, 0.6) is 0 Å². The fourth-order valence-electron chi connectivity index (χ4n) is 5.02. The van der Waals surface area contributed by atoms with Crippen molar-refractivity contribution in [1.29, 1.82) is 0 Å². The molecule has 0 rings (SSSR count). The molecule has 0 heterocycles. The van der Waals surface area contributed by atoms with Gasteiger partial charge in [-0.05, 0) is 70.6 Å². The first-order chi connectivity index (χ1) is 23.3. The van der Waals surface area contributed by atoms with Gasteiger partial charge < -0.3 is 10.4 Å². The van der Waals surface area contributed by atoms with Gasteiger partial charge in [0, 0.05) is 6.42 Å². The van der Waals surface area contributed by atoms with E-state index in [1.165, 1.54) is 70.3 Å². The number of carbonyl (C=O) groups is 1. The Hall–Kier alpha value is -2.48. The van der Waals surface area contributed by atoms with Crippen molar-refractivity contribution in [3.63, 3.8) is 0 Å². The van der Waals surface area contributed by atoms with Crippen molar-refractivity contribution < 1.29 is 22.9 Å². The highest BCUT2D eigenvalue weighted by Gasteiger charge is 2.24. The van der Waals surface area contributed by atoms with Crippen LogP contribution in [0.1, 0.15) is 149 Å². The lowest BCUT2D eigenvalue weighted by Gasteiger charge is -2.20. The second kappa shape index (κ2) is 34.4. The minimum atomic E-state index is -4.38. The third-order valence-corrected chi connectivity index (χ3v) is 8.58. The predicted molar refractivity (Wildman–Crippen MR) is 207 cm³/mol. The monoisotopic (exact) mass is 687 g/mol. The molecule has 0 bridgehead atoms. The lowest BCUT2D eigenvalue weighted by molar-refractivity contribution is -0.122. The maximum Gasteiger partial charge on any atom is 0.267 e. The summed E-state index contributed by atoms with van der Waals surface area (Å²) in [6.45, 7) is 4.38. The Morgan fingerprint density at radius 1 is 0.583 bits per heavy atom. The minimum Gasteiger partial charge on any atom is -0.387 e. The van der Waals surface area contributed by atoms with E-state index in [1.54, 1.807) is 6.08 Å². The summed E-state index contributed by atoms with van der Waals surface area (Å²) in [5.41, 5.74) is 0. The normalized spacial score (nSPS) is 14.3. The zero-order chi connectivity index (χ0) is 35.4. The van der Waals surface area contributed by atoms with Crippen molar-refractivity contribution in [3.05, 3.63) is 85.1 Å².